The fourth-order valence-electron chi connectivity index (χ4n) is 7.44. The Morgan fingerprint density at radius 1 is 1.09 bits per heavy atom. The van der Waals surface area contributed by atoms with Crippen molar-refractivity contribution in [2.75, 3.05) is 7.11 Å². The maximum absolute atomic E-state index is 13.8. The van der Waals surface area contributed by atoms with E-state index in [9.17, 15) is 29.4 Å². The Balaban J connectivity index is 1.31. The van der Waals surface area contributed by atoms with Gasteiger partial charge in [0.2, 0.25) is 12.2 Å². The van der Waals surface area contributed by atoms with Crippen LogP contribution in [0, 0.1) is 5.92 Å². The zero-order valence-corrected chi connectivity index (χ0v) is 23.7. The highest BCUT2D eigenvalue weighted by atomic mass is 16.6. The maximum atomic E-state index is 13.8. The number of rotatable bonds is 9. The third kappa shape index (κ3) is 4.53. The molecule has 1 heterocycles. The first-order chi connectivity index (χ1) is 20.6. The summed E-state index contributed by atoms with van der Waals surface area (Å²) in [5, 5.41) is 21.6. The molecule has 1 saturated carbocycles. The molecule has 2 N–H and O–H groups in total. The molecule has 43 heavy (non-hydrogen) atoms. The molecule has 0 amide bonds. The van der Waals surface area contributed by atoms with Gasteiger partial charge >= 0.3 is 23.9 Å². The number of carbonyl (C=O) groups is 4. The molecule has 2 aromatic carbocycles. The van der Waals surface area contributed by atoms with Crippen molar-refractivity contribution in [1.82, 2.24) is 0 Å². The highest BCUT2D eigenvalue weighted by molar-refractivity contribution is 5.85. The van der Waals surface area contributed by atoms with Crippen molar-refractivity contribution < 1.29 is 53.1 Å². The molecule has 0 radical (unpaired) electrons. The van der Waals surface area contributed by atoms with Crippen LogP contribution in [0.15, 0.2) is 54.3 Å². The highest BCUT2D eigenvalue weighted by Gasteiger charge is 2.71. The van der Waals surface area contributed by atoms with E-state index in [1.54, 1.807) is 43.5 Å². The number of carboxylic acids is 1. The molecule has 1 fully saturated rings. The number of ether oxygens (including phenoxy) is 5. The largest absolute Gasteiger partial charge is 0.493 e. The Kier molecular flexibility index (Phi) is 7.16. The minimum Gasteiger partial charge on any atom is -0.493 e. The lowest BCUT2D eigenvalue weighted by atomic mass is 9.47. The van der Waals surface area contributed by atoms with Gasteiger partial charge in [-0.1, -0.05) is 42.8 Å². The van der Waals surface area contributed by atoms with E-state index in [0.29, 0.717) is 29.9 Å². The molecule has 226 valence electrons. The van der Waals surface area contributed by atoms with Gasteiger partial charge in [0, 0.05) is 18.1 Å². The molecule has 0 unspecified atom stereocenters. The predicted octanol–water partition coefficient (Wildman–Crippen LogP) is 3.30. The molecular formula is C32H32O11. The van der Waals surface area contributed by atoms with Crippen molar-refractivity contribution in [1.29, 1.82) is 0 Å². The minimum absolute atomic E-state index is 0.00474. The summed E-state index contributed by atoms with van der Waals surface area (Å²) >= 11 is 0. The normalized spacial score (nSPS) is 27.4. The molecule has 11 heteroatoms. The number of hydrogen-bond acceptors (Lipinski definition) is 10. The first kappa shape index (κ1) is 28.7. The Morgan fingerprint density at radius 2 is 1.86 bits per heavy atom. The minimum atomic E-state index is -1.78. The van der Waals surface area contributed by atoms with Crippen LogP contribution in [0.4, 0.5) is 0 Å². The maximum Gasteiger partial charge on any atom is 0.357 e. The van der Waals surface area contributed by atoms with Crippen LogP contribution in [-0.4, -0.2) is 59.0 Å². The highest BCUT2D eigenvalue weighted by Crippen LogP contribution is 2.67. The number of aliphatic hydroxyl groups is 1. The number of benzene rings is 2. The lowest BCUT2D eigenvalue weighted by Gasteiger charge is -2.59. The van der Waals surface area contributed by atoms with E-state index in [0.717, 1.165) is 30.9 Å². The quantitative estimate of drug-likeness (QED) is 0.326. The van der Waals surface area contributed by atoms with Gasteiger partial charge in [-0.25, -0.2) is 9.59 Å². The summed E-state index contributed by atoms with van der Waals surface area (Å²) in [5.74, 6) is -3.16. The molecule has 3 aliphatic carbocycles. The van der Waals surface area contributed by atoms with Gasteiger partial charge in [-0.15, -0.1) is 0 Å². The van der Waals surface area contributed by atoms with Gasteiger partial charge in [-0.2, -0.15) is 0 Å². The average Bonchev–Trinajstić information content (AvgIpc) is 3.32. The Morgan fingerprint density at radius 3 is 2.56 bits per heavy atom. The molecule has 2 bridgehead atoms. The van der Waals surface area contributed by atoms with E-state index in [2.05, 4.69) is 0 Å². The number of carbonyl (C=O) groups excluding carboxylic acids is 3. The van der Waals surface area contributed by atoms with Crippen LogP contribution in [0.3, 0.4) is 0 Å². The Labute approximate surface area is 247 Å². The Hall–Kier alpha value is -4.38. The summed E-state index contributed by atoms with van der Waals surface area (Å²) in [7, 11) is 1.55. The van der Waals surface area contributed by atoms with Gasteiger partial charge in [0.1, 0.15) is 5.76 Å². The summed E-state index contributed by atoms with van der Waals surface area (Å²) in [5.41, 5.74) is 0.311. The fraction of sp³-hybridized carbons (Fsp3) is 0.438. The Bertz CT molecular complexity index is 1510. The van der Waals surface area contributed by atoms with Gasteiger partial charge < -0.3 is 33.9 Å². The molecule has 1 aliphatic heterocycles. The summed E-state index contributed by atoms with van der Waals surface area (Å²) in [6.45, 7) is 1.02. The second-order valence-corrected chi connectivity index (χ2v) is 11.5. The summed E-state index contributed by atoms with van der Waals surface area (Å²) < 4.78 is 28.2. The zero-order valence-electron chi connectivity index (χ0n) is 23.7. The molecule has 2 aromatic rings. The van der Waals surface area contributed by atoms with Crippen molar-refractivity contribution in [3.05, 3.63) is 71.0 Å². The van der Waals surface area contributed by atoms with E-state index >= 15 is 0 Å². The van der Waals surface area contributed by atoms with Gasteiger partial charge in [-0.05, 0) is 49.3 Å². The van der Waals surface area contributed by atoms with Crippen molar-refractivity contribution in [3.8, 4) is 11.5 Å². The van der Waals surface area contributed by atoms with Crippen LogP contribution in [0.2, 0.25) is 0 Å². The topological polar surface area (TPSA) is 155 Å². The van der Waals surface area contributed by atoms with Gasteiger partial charge in [0.05, 0.1) is 24.5 Å². The second-order valence-electron chi connectivity index (χ2n) is 11.5. The average molecular weight is 593 g/mol. The van der Waals surface area contributed by atoms with Crippen molar-refractivity contribution in [2.45, 2.75) is 74.8 Å². The number of carboxylic acid groups (broad SMARTS) is 1. The molecule has 6 rings (SSSR count). The molecule has 6 atom stereocenters. The molecule has 1 spiro atoms. The van der Waals surface area contributed by atoms with E-state index < -0.39 is 59.6 Å². The third-order valence-electron chi connectivity index (χ3n) is 9.19. The lowest BCUT2D eigenvalue weighted by molar-refractivity contribution is -0.176. The fourth-order valence-corrected chi connectivity index (χ4v) is 7.44. The van der Waals surface area contributed by atoms with Gasteiger partial charge in [0.25, 0.3) is 0 Å². The second kappa shape index (κ2) is 10.7. The number of methoxy groups -OCH3 is 1. The van der Waals surface area contributed by atoms with Crippen molar-refractivity contribution >= 4 is 23.9 Å². The molecular weight excluding hydrogens is 560 g/mol. The van der Waals surface area contributed by atoms with Crippen LogP contribution in [-0.2, 0) is 45.2 Å². The number of hydrogen-bond donors (Lipinski definition) is 2. The first-order valence-electron chi connectivity index (χ1n) is 14.2. The lowest BCUT2D eigenvalue weighted by Crippen LogP contribution is -2.67. The van der Waals surface area contributed by atoms with Crippen LogP contribution in [0.25, 0.3) is 0 Å². The first-order valence-corrected chi connectivity index (χ1v) is 14.2. The van der Waals surface area contributed by atoms with Crippen LogP contribution >= 0.6 is 0 Å². The number of esters is 3. The van der Waals surface area contributed by atoms with Crippen LogP contribution in [0.1, 0.15) is 61.8 Å². The molecule has 0 aromatic heterocycles. The summed E-state index contributed by atoms with van der Waals surface area (Å²) in [6, 6.07) is 12.0. The molecule has 4 aliphatic rings. The van der Waals surface area contributed by atoms with Crippen molar-refractivity contribution in [3.63, 3.8) is 0 Å². The third-order valence-corrected chi connectivity index (χ3v) is 9.19. The summed E-state index contributed by atoms with van der Waals surface area (Å²) in [6.07, 6.45) is 0.00624. The van der Waals surface area contributed by atoms with Gasteiger partial charge in [-0.3, -0.25) is 9.59 Å². The van der Waals surface area contributed by atoms with E-state index in [4.69, 9.17) is 23.7 Å². The summed E-state index contributed by atoms with van der Waals surface area (Å²) in [4.78, 5) is 49.4. The van der Waals surface area contributed by atoms with Crippen LogP contribution in [0.5, 0.6) is 11.5 Å². The van der Waals surface area contributed by atoms with Crippen molar-refractivity contribution in [2.24, 2.45) is 5.92 Å². The smallest absolute Gasteiger partial charge is 0.357 e. The van der Waals surface area contributed by atoms with E-state index in [1.165, 1.54) is 0 Å². The zero-order chi connectivity index (χ0) is 30.5. The molecule has 11 nitrogen and oxygen atoms in total. The van der Waals surface area contributed by atoms with E-state index in [-0.39, 0.29) is 18.1 Å². The molecule has 0 saturated heterocycles. The SMILES string of the molecule is COc1ccc2c3c1O[C@@H]1C(OC(=O)[C@@H](OC(=O)C[C@H](OC(C)=O)C(=O)O)c4ccccc4)=CC[C@]4(O)[C@@H](CCC[C@@]314)C2. The number of aliphatic carboxylic acids is 1. The van der Waals surface area contributed by atoms with E-state index in [1.807, 2.05) is 12.1 Å². The monoisotopic (exact) mass is 592 g/mol. The van der Waals surface area contributed by atoms with Crippen LogP contribution < -0.4 is 9.47 Å². The van der Waals surface area contributed by atoms with Gasteiger partial charge in [0.15, 0.2) is 17.6 Å². The standard InChI is InChI=1S/C32H32O11/c1-17(33)40-23(29(35)36)16-24(34)42-26(18-7-4-3-5-8-18)30(37)41-22-12-14-32(38)20-9-6-13-31(32)25-19(15-20)10-11-21(39-2)27(25)43-28(22)31/h3-5,7-8,10-12,20,23,26,28,38H,6,9,13-16H2,1-2H3,(H,35,36)/t20-,23-,26-,28+,31+,32-/m0/s1. The predicted molar refractivity (Wildman–Crippen MR) is 147 cm³/mol.